The van der Waals surface area contributed by atoms with E-state index in [4.69, 9.17) is 4.74 Å². The quantitative estimate of drug-likeness (QED) is 0.890. The van der Waals surface area contributed by atoms with Crippen molar-refractivity contribution in [1.29, 1.82) is 0 Å². The van der Waals surface area contributed by atoms with Crippen LogP contribution in [0.25, 0.3) is 0 Å². The Morgan fingerprint density at radius 3 is 2.32 bits per heavy atom. The second-order valence-corrected chi connectivity index (χ2v) is 4.76. The van der Waals surface area contributed by atoms with Gasteiger partial charge in [0.15, 0.2) is 0 Å². The van der Waals surface area contributed by atoms with Crippen LogP contribution in [-0.2, 0) is 0 Å². The first-order valence-corrected chi connectivity index (χ1v) is 7.34. The van der Waals surface area contributed by atoms with Gasteiger partial charge < -0.3 is 15.0 Å². The van der Waals surface area contributed by atoms with Crippen molar-refractivity contribution in [3.05, 3.63) is 48.2 Å². The van der Waals surface area contributed by atoms with Crippen molar-refractivity contribution in [1.82, 2.24) is 4.98 Å². The van der Waals surface area contributed by atoms with Crippen LogP contribution in [0.3, 0.4) is 0 Å². The van der Waals surface area contributed by atoms with Crippen LogP contribution in [0.4, 0.5) is 11.4 Å². The second-order valence-electron chi connectivity index (χ2n) is 4.76. The van der Waals surface area contributed by atoms with Crippen molar-refractivity contribution in [3.8, 4) is 5.88 Å². The number of hydrogen-bond acceptors (Lipinski definition) is 4. The molecule has 0 bridgehead atoms. The molecule has 5 heteroatoms. The van der Waals surface area contributed by atoms with E-state index in [0.717, 1.165) is 24.5 Å². The first-order valence-electron chi connectivity index (χ1n) is 7.34. The Morgan fingerprint density at radius 1 is 1.14 bits per heavy atom. The Labute approximate surface area is 130 Å². The molecule has 1 N–H and O–H groups in total. The van der Waals surface area contributed by atoms with Gasteiger partial charge in [-0.1, -0.05) is 0 Å². The normalized spacial score (nSPS) is 10.1. The zero-order valence-electron chi connectivity index (χ0n) is 13.2. The molecule has 0 aliphatic carbocycles. The van der Waals surface area contributed by atoms with E-state index < -0.39 is 0 Å². The zero-order chi connectivity index (χ0) is 15.9. The number of nitrogens with one attached hydrogen (secondary N) is 1. The molecule has 0 fully saturated rings. The molecule has 0 saturated carbocycles. The number of methoxy groups -OCH3 is 1. The van der Waals surface area contributed by atoms with Crippen LogP contribution in [0.2, 0.25) is 0 Å². The summed E-state index contributed by atoms with van der Waals surface area (Å²) in [5.74, 6) is 0.297. The van der Waals surface area contributed by atoms with Gasteiger partial charge in [0.2, 0.25) is 5.88 Å². The highest BCUT2D eigenvalue weighted by Crippen LogP contribution is 2.18. The molecule has 2 rings (SSSR count). The topological polar surface area (TPSA) is 54.5 Å². The van der Waals surface area contributed by atoms with Crippen LogP contribution in [0.5, 0.6) is 5.88 Å². The van der Waals surface area contributed by atoms with Crippen molar-refractivity contribution in [3.63, 3.8) is 0 Å². The van der Waals surface area contributed by atoms with Gasteiger partial charge in [-0.3, -0.25) is 4.79 Å². The molecule has 2 aromatic rings. The smallest absolute Gasteiger partial charge is 0.257 e. The van der Waals surface area contributed by atoms with Crippen LogP contribution in [-0.4, -0.2) is 31.1 Å². The van der Waals surface area contributed by atoms with Crippen LogP contribution in [0, 0.1) is 0 Å². The van der Waals surface area contributed by atoms with E-state index >= 15 is 0 Å². The Kier molecular flexibility index (Phi) is 5.36. The largest absolute Gasteiger partial charge is 0.481 e. The summed E-state index contributed by atoms with van der Waals surface area (Å²) in [5.41, 5.74) is 2.40. The minimum Gasteiger partial charge on any atom is -0.481 e. The summed E-state index contributed by atoms with van der Waals surface area (Å²) in [4.78, 5) is 18.4. The summed E-state index contributed by atoms with van der Waals surface area (Å²) >= 11 is 0. The Balaban J connectivity index is 2.04. The molecule has 1 heterocycles. The third-order valence-corrected chi connectivity index (χ3v) is 3.46. The van der Waals surface area contributed by atoms with Gasteiger partial charge in [0.25, 0.3) is 5.91 Å². The highest BCUT2D eigenvalue weighted by Gasteiger charge is 2.08. The van der Waals surface area contributed by atoms with Gasteiger partial charge in [-0.15, -0.1) is 0 Å². The van der Waals surface area contributed by atoms with E-state index in [1.807, 2.05) is 24.3 Å². The lowest BCUT2D eigenvalue weighted by atomic mass is 10.2. The monoisotopic (exact) mass is 299 g/mol. The van der Waals surface area contributed by atoms with Gasteiger partial charge in [0.1, 0.15) is 0 Å². The molecular weight excluding hydrogens is 278 g/mol. The molecule has 5 nitrogen and oxygen atoms in total. The van der Waals surface area contributed by atoms with Crippen molar-refractivity contribution >= 4 is 17.3 Å². The fourth-order valence-electron chi connectivity index (χ4n) is 2.18. The maximum Gasteiger partial charge on any atom is 0.257 e. The number of carbonyl (C=O) groups is 1. The summed E-state index contributed by atoms with van der Waals surface area (Å²) in [6.45, 7) is 6.16. The molecule has 0 aliphatic heterocycles. The predicted molar refractivity (Wildman–Crippen MR) is 88.7 cm³/mol. The van der Waals surface area contributed by atoms with E-state index in [0.29, 0.717) is 11.4 Å². The summed E-state index contributed by atoms with van der Waals surface area (Å²) in [6, 6.07) is 11.2. The summed E-state index contributed by atoms with van der Waals surface area (Å²) in [6.07, 6.45) is 1.50. The van der Waals surface area contributed by atoms with E-state index in [9.17, 15) is 4.79 Å². The van der Waals surface area contributed by atoms with Crippen LogP contribution < -0.4 is 15.0 Å². The molecular formula is C17H21N3O2. The first-order chi connectivity index (χ1) is 10.7. The summed E-state index contributed by atoms with van der Waals surface area (Å²) in [7, 11) is 1.54. The van der Waals surface area contributed by atoms with Crippen molar-refractivity contribution in [2.45, 2.75) is 13.8 Å². The highest BCUT2D eigenvalue weighted by atomic mass is 16.5. The molecule has 1 aromatic carbocycles. The number of amides is 1. The molecule has 0 aliphatic rings. The average molecular weight is 299 g/mol. The molecule has 0 atom stereocenters. The Morgan fingerprint density at radius 2 is 1.82 bits per heavy atom. The molecule has 0 spiro atoms. The SMILES string of the molecule is CCN(CC)c1ccc(NC(=O)c2ccc(OC)nc2)cc1. The molecule has 22 heavy (non-hydrogen) atoms. The number of rotatable bonds is 6. The average Bonchev–Trinajstić information content (AvgIpc) is 2.57. The molecule has 116 valence electrons. The van der Waals surface area contributed by atoms with Gasteiger partial charge in [-0.25, -0.2) is 4.98 Å². The number of anilines is 2. The van der Waals surface area contributed by atoms with E-state index in [-0.39, 0.29) is 5.91 Å². The maximum absolute atomic E-state index is 12.1. The number of pyridine rings is 1. The van der Waals surface area contributed by atoms with Crippen LogP contribution >= 0.6 is 0 Å². The van der Waals surface area contributed by atoms with Gasteiger partial charge in [-0.05, 0) is 44.2 Å². The standard InChI is InChI=1S/C17H21N3O2/c1-4-20(5-2)15-9-7-14(8-10-15)19-17(21)13-6-11-16(22-3)18-12-13/h6-12H,4-5H2,1-3H3,(H,19,21). The fourth-order valence-corrected chi connectivity index (χ4v) is 2.18. The number of ether oxygens (including phenoxy) is 1. The van der Waals surface area contributed by atoms with E-state index in [1.54, 1.807) is 19.2 Å². The minimum atomic E-state index is -0.189. The Bertz CT molecular complexity index is 605. The van der Waals surface area contributed by atoms with Gasteiger partial charge in [0, 0.05) is 36.7 Å². The zero-order valence-corrected chi connectivity index (χ0v) is 13.2. The third kappa shape index (κ3) is 3.75. The van der Waals surface area contributed by atoms with Crippen molar-refractivity contribution in [2.75, 3.05) is 30.4 Å². The van der Waals surface area contributed by atoms with Gasteiger partial charge in [-0.2, -0.15) is 0 Å². The Hall–Kier alpha value is -2.56. The molecule has 1 amide bonds. The van der Waals surface area contributed by atoms with Gasteiger partial charge >= 0.3 is 0 Å². The lowest BCUT2D eigenvalue weighted by Crippen LogP contribution is -2.21. The first kappa shape index (κ1) is 15.8. The van der Waals surface area contributed by atoms with Crippen molar-refractivity contribution in [2.24, 2.45) is 0 Å². The highest BCUT2D eigenvalue weighted by molar-refractivity contribution is 6.04. The summed E-state index contributed by atoms with van der Waals surface area (Å²) < 4.78 is 4.98. The number of nitrogens with zero attached hydrogens (tertiary/aromatic N) is 2. The van der Waals surface area contributed by atoms with Crippen LogP contribution in [0.1, 0.15) is 24.2 Å². The number of benzene rings is 1. The number of carbonyl (C=O) groups excluding carboxylic acids is 1. The molecule has 0 unspecified atom stereocenters. The second kappa shape index (κ2) is 7.45. The van der Waals surface area contributed by atoms with Crippen LogP contribution in [0.15, 0.2) is 42.6 Å². The van der Waals surface area contributed by atoms with Crippen molar-refractivity contribution < 1.29 is 9.53 Å². The predicted octanol–water partition coefficient (Wildman–Crippen LogP) is 3.19. The molecule has 0 saturated heterocycles. The summed E-state index contributed by atoms with van der Waals surface area (Å²) in [5, 5.41) is 2.86. The minimum absolute atomic E-state index is 0.189. The lowest BCUT2D eigenvalue weighted by molar-refractivity contribution is 0.102. The molecule has 0 radical (unpaired) electrons. The maximum atomic E-state index is 12.1. The van der Waals surface area contributed by atoms with E-state index in [2.05, 4.69) is 29.0 Å². The molecule has 1 aromatic heterocycles. The van der Waals surface area contributed by atoms with E-state index in [1.165, 1.54) is 6.20 Å². The fraction of sp³-hybridized carbons (Fsp3) is 0.294. The number of aromatic nitrogens is 1. The lowest BCUT2D eigenvalue weighted by Gasteiger charge is -2.21. The number of hydrogen-bond donors (Lipinski definition) is 1. The van der Waals surface area contributed by atoms with Gasteiger partial charge in [0.05, 0.1) is 12.7 Å². The third-order valence-electron chi connectivity index (χ3n) is 3.46.